The Kier molecular flexibility index (Phi) is 5.40. The lowest BCUT2D eigenvalue weighted by molar-refractivity contribution is -0.856. The summed E-state index contributed by atoms with van der Waals surface area (Å²) in [5, 5.41) is 1.31. The number of thiazole rings is 1. The van der Waals surface area contributed by atoms with Gasteiger partial charge < -0.3 is 9.32 Å². The van der Waals surface area contributed by atoms with Crippen molar-refractivity contribution in [2.75, 3.05) is 32.1 Å². The summed E-state index contributed by atoms with van der Waals surface area (Å²) in [7, 11) is 4.05. The van der Waals surface area contributed by atoms with Crippen LogP contribution in [-0.4, -0.2) is 38.1 Å². The van der Waals surface area contributed by atoms with Crippen molar-refractivity contribution in [1.29, 1.82) is 0 Å². The van der Waals surface area contributed by atoms with Gasteiger partial charge in [-0.05, 0) is 43.2 Å². The van der Waals surface area contributed by atoms with Crippen LogP contribution in [0.2, 0.25) is 0 Å². The molecular weight excluding hydrogens is 398 g/mol. The lowest BCUT2D eigenvalue weighted by Crippen LogP contribution is -3.06. The van der Waals surface area contributed by atoms with Crippen LogP contribution in [0.25, 0.3) is 21.2 Å². The van der Waals surface area contributed by atoms with E-state index in [1.54, 1.807) is 23.1 Å². The van der Waals surface area contributed by atoms with Crippen LogP contribution >= 0.6 is 11.3 Å². The standard InChI is InChI=1S/C23H23N3O3S/c1-14-11-15(2)20-19(12-14)30-23(24-20)26(10-9-25(3)4)21(27)17-13-16-7-5-6-8-18(16)29-22(17)28/h5-8,11-13H,9-10H2,1-4H3/p+1. The molecule has 0 atom stereocenters. The lowest BCUT2D eigenvalue weighted by Gasteiger charge is -2.20. The molecule has 0 fully saturated rings. The lowest BCUT2D eigenvalue weighted by atomic mass is 10.1. The highest BCUT2D eigenvalue weighted by atomic mass is 32.1. The molecule has 7 heteroatoms. The van der Waals surface area contributed by atoms with E-state index >= 15 is 0 Å². The van der Waals surface area contributed by atoms with Crippen molar-refractivity contribution in [1.82, 2.24) is 4.98 Å². The third-order valence-corrected chi connectivity index (χ3v) is 6.03. The normalized spacial score (nSPS) is 11.5. The highest BCUT2D eigenvalue weighted by Crippen LogP contribution is 2.32. The summed E-state index contributed by atoms with van der Waals surface area (Å²) in [5.41, 5.74) is 2.98. The van der Waals surface area contributed by atoms with E-state index in [-0.39, 0.29) is 11.5 Å². The number of nitrogens with zero attached hydrogens (tertiary/aromatic N) is 2. The number of hydrogen-bond donors (Lipinski definition) is 1. The molecule has 6 nitrogen and oxygen atoms in total. The SMILES string of the molecule is Cc1cc(C)c2nc(N(CC[NH+](C)C)C(=O)c3cc4ccccc4oc3=O)sc2c1. The van der Waals surface area contributed by atoms with Gasteiger partial charge in [-0.1, -0.05) is 35.6 Å². The quantitative estimate of drug-likeness (QED) is 0.502. The second kappa shape index (κ2) is 8.01. The molecule has 4 rings (SSSR count). The minimum atomic E-state index is -0.631. The number of carbonyl (C=O) groups excluding carboxylic acids is 1. The van der Waals surface area contributed by atoms with E-state index < -0.39 is 5.63 Å². The van der Waals surface area contributed by atoms with Gasteiger partial charge in [0.1, 0.15) is 11.1 Å². The van der Waals surface area contributed by atoms with Gasteiger partial charge >= 0.3 is 5.63 Å². The largest absolute Gasteiger partial charge is 0.422 e. The molecule has 0 aliphatic rings. The van der Waals surface area contributed by atoms with Crippen molar-refractivity contribution < 1.29 is 14.1 Å². The Morgan fingerprint density at radius 1 is 1.17 bits per heavy atom. The number of likely N-dealkylation sites (N-methyl/N-ethyl adjacent to an activating group) is 1. The zero-order chi connectivity index (χ0) is 21.4. The molecule has 2 aromatic heterocycles. The van der Waals surface area contributed by atoms with E-state index in [1.165, 1.54) is 16.2 Å². The maximum absolute atomic E-state index is 13.5. The predicted octanol–water partition coefficient (Wildman–Crippen LogP) is 2.81. The van der Waals surface area contributed by atoms with Crippen LogP contribution in [0.4, 0.5) is 5.13 Å². The Balaban J connectivity index is 1.81. The van der Waals surface area contributed by atoms with Gasteiger partial charge in [0.05, 0.1) is 37.4 Å². The minimum absolute atomic E-state index is 0.0228. The average Bonchev–Trinajstić information content (AvgIpc) is 3.11. The molecule has 1 amide bonds. The molecule has 0 unspecified atom stereocenters. The van der Waals surface area contributed by atoms with E-state index in [9.17, 15) is 9.59 Å². The fraction of sp³-hybridized carbons (Fsp3) is 0.261. The minimum Gasteiger partial charge on any atom is -0.422 e. The number of rotatable bonds is 5. The van der Waals surface area contributed by atoms with Crippen molar-refractivity contribution in [3.8, 4) is 0 Å². The monoisotopic (exact) mass is 422 g/mol. The van der Waals surface area contributed by atoms with E-state index in [2.05, 4.69) is 12.1 Å². The Labute approximate surface area is 178 Å². The number of aryl methyl sites for hydroxylation is 2. The number of carbonyl (C=O) groups is 1. The Morgan fingerprint density at radius 2 is 1.93 bits per heavy atom. The van der Waals surface area contributed by atoms with E-state index in [1.807, 2.05) is 40.1 Å². The maximum atomic E-state index is 13.5. The number of fused-ring (bicyclic) bond motifs is 2. The summed E-state index contributed by atoms with van der Waals surface area (Å²) in [4.78, 5) is 33.6. The summed E-state index contributed by atoms with van der Waals surface area (Å²) in [6.07, 6.45) is 0. The maximum Gasteiger partial charge on any atom is 0.349 e. The Morgan fingerprint density at radius 3 is 2.70 bits per heavy atom. The number of hydrogen-bond acceptors (Lipinski definition) is 5. The van der Waals surface area contributed by atoms with Gasteiger partial charge in [-0.2, -0.15) is 0 Å². The van der Waals surface area contributed by atoms with Crippen LogP contribution < -0.4 is 15.4 Å². The first-order chi connectivity index (χ1) is 14.3. The molecule has 4 aromatic rings. The van der Waals surface area contributed by atoms with Crippen LogP contribution in [-0.2, 0) is 0 Å². The van der Waals surface area contributed by atoms with Gasteiger partial charge in [0.2, 0.25) is 0 Å². The van der Waals surface area contributed by atoms with Crippen molar-refractivity contribution >= 4 is 43.6 Å². The van der Waals surface area contributed by atoms with Gasteiger partial charge in [0.25, 0.3) is 5.91 Å². The number of anilines is 1. The molecule has 2 aromatic carbocycles. The van der Waals surface area contributed by atoms with Gasteiger partial charge in [0, 0.05) is 5.39 Å². The Hall–Kier alpha value is -3.03. The molecule has 0 spiro atoms. The highest BCUT2D eigenvalue weighted by Gasteiger charge is 2.25. The van der Waals surface area contributed by atoms with Crippen LogP contribution in [0.1, 0.15) is 21.5 Å². The highest BCUT2D eigenvalue weighted by molar-refractivity contribution is 7.22. The van der Waals surface area contributed by atoms with Gasteiger partial charge in [0.15, 0.2) is 5.13 Å². The van der Waals surface area contributed by atoms with Crippen molar-refractivity contribution in [2.45, 2.75) is 13.8 Å². The number of quaternary nitrogens is 1. The van der Waals surface area contributed by atoms with Crippen LogP contribution in [0.3, 0.4) is 0 Å². The van der Waals surface area contributed by atoms with Gasteiger partial charge in [-0.3, -0.25) is 9.69 Å². The average molecular weight is 423 g/mol. The van der Waals surface area contributed by atoms with E-state index in [0.717, 1.165) is 33.3 Å². The number of aromatic nitrogens is 1. The fourth-order valence-electron chi connectivity index (χ4n) is 3.45. The first kappa shape index (κ1) is 20.3. The zero-order valence-corrected chi connectivity index (χ0v) is 18.3. The first-order valence-corrected chi connectivity index (χ1v) is 10.7. The second-order valence-electron chi connectivity index (χ2n) is 7.82. The Bertz CT molecular complexity index is 1310. The van der Waals surface area contributed by atoms with E-state index in [0.29, 0.717) is 17.3 Å². The summed E-state index contributed by atoms with van der Waals surface area (Å²) >= 11 is 1.47. The molecular formula is C23H24N3O3S+. The van der Waals surface area contributed by atoms with Crippen molar-refractivity contribution in [2.24, 2.45) is 0 Å². The number of amides is 1. The third kappa shape index (κ3) is 3.86. The molecule has 0 saturated heterocycles. The third-order valence-electron chi connectivity index (χ3n) is 5.00. The molecule has 0 radical (unpaired) electrons. The first-order valence-electron chi connectivity index (χ1n) is 9.85. The summed E-state index contributed by atoms with van der Waals surface area (Å²) in [6.45, 7) is 5.24. The van der Waals surface area contributed by atoms with Crippen LogP contribution in [0.5, 0.6) is 0 Å². The molecule has 1 N–H and O–H groups in total. The summed E-state index contributed by atoms with van der Waals surface area (Å²) in [5.74, 6) is -0.385. The summed E-state index contributed by atoms with van der Waals surface area (Å²) < 4.78 is 6.42. The molecule has 0 aliphatic carbocycles. The number of benzene rings is 2. The van der Waals surface area contributed by atoms with Crippen molar-refractivity contribution in [3.05, 3.63) is 69.6 Å². The van der Waals surface area contributed by atoms with Gasteiger partial charge in [-0.15, -0.1) is 0 Å². The topological polar surface area (TPSA) is 67.8 Å². The molecule has 0 bridgehead atoms. The smallest absolute Gasteiger partial charge is 0.349 e. The van der Waals surface area contributed by atoms with Crippen LogP contribution in [0.15, 0.2) is 51.7 Å². The molecule has 0 aliphatic heterocycles. The molecule has 154 valence electrons. The number of para-hydroxylation sites is 1. The molecule has 0 saturated carbocycles. The van der Waals surface area contributed by atoms with Crippen LogP contribution in [0, 0.1) is 13.8 Å². The number of nitrogens with one attached hydrogen (secondary N) is 1. The fourth-order valence-corrected chi connectivity index (χ4v) is 4.62. The zero-order valence-electron chi connectivity index (χ0n) is 17.5. The second-order valence-corrected chi connectivity index (χ2v) is 8.83. The predicted molar refractivity (Wildman–Crippen MR) is 121 cm³/mol. The van der Waals surface area contributed by atoms with E-state index in [4.69, 9.17) is 9.40 Å². The molecule has 30 heavy (non-hydrogen) atoms. The van der Waals surface area contributed by atoms with Crippen molar-refractivity contribution in [3.63, 3.8) is 0 Å². The molecule has 2 heterocycles. The van der Waals surface area contributed by atoms with Gasteiger partial charge in [-0.25, -0.2) is 9.78 Å². The summed E-state index contributed by atoms with van der Waals surface area (Å²) in [6, 6.07) is 13.0.